The predicted molar refractivity (Wildman–Crippen MR) is 85.8 cm³/mol. The van der Waals surface area contributed by atoms with Crippen LogP contribution in [0.3, 0.4) is 0 Å². The lowest BCUT2D eigenvalue weighted by Gasteiger charge is -2.25. The zero-order valence-electron chi connectivity index (χ0n) is 13.5. The first kappa shape index (κ1) is 17.9. The molecule has 1 amide bonds. The van der Waals surface area contributed by atoms with Crippen LogP contribution >= 0.6 is 0 Å². The number of carbonyl (C=O) groups is 1. The van der Waals surface area contributed by atoms with Crippen LogP contribution in [0.25, 0.3) is 0 Å². The summed E-state index contributed by atoms with van der Waals surface area (Å²) in [5.74, 6) is -0.127. The van der Waals surface area contributed by atoms with Gasteiger partial charge in [0.25, 0.3) is 0 Å². The zero-order valence-corrected chi connectivity index (χ0v) is 14.4. The quantitative estimate of drug-likeness (QED) is 0.727. The maximum absolute atomic E-state index is 12.9. The van der Waals surface area contributed by atoms with Crippen molar-refractivity contribution in [1.82, 2.24) is 9.21 Å². The maximum atomic E-state index is 12.9. The monoisotopic (exact) mass is 342 g/mol. The van der Waals surface area contributed by atoms with Gasteiger partial charge in [-0.2, -0.15) is 4.31 Å². The number of amides is 1. The number of hydrogen-bond acceptors (Lipinski definition) is 3. The molecule has 7 heteroatoms. The van der Waals surface area contributed by atoms with E-state index in [1.165, 1.54) is 19.2 Å². The molecule has 0 aromatic heterocycles. The fraction of sp³-hybridized carbons (Fsp3) is 0.562. The van der Waals surface area contributed by atoms with Gasteiger partial charge in [-0.3, -0.25) is 4.79 Å². The lowest BCUT2D eigenvalue weighted by Crippen LogP contribution is -2.42. The van der Waals surface area contributed by atoms with E-state index in [2.05, 4.69) is 0 Å². The highest BCUT2D eigenvalue weighted by Gasteiger charge is 2.29. The van der Waals surface area contributed by atoms with Crippen LogP contribution in [0.1, 0.15) is 26.2 Å². The minimum atomic E-state index is -3.79. The molecule has 0 spiro atoms. The van der Waals surface area contributed by atoms with E-state index < -0.39 is 15.8 Å². The Bertz CT molecular complexity index is 642. The molecule has 0 radical (unpaired) electrons. The van der Waals surface area contributed by atoms with Gasteiger partial charge in [-0.15, -0.1) is 0 Å². The number of likely N-dealkylation sites (N-methyl/N-ethyl adjacent to an activating group) is 1. The van der Waals surface area contributed by atoms with E-state index in [0.29, 0.717) is 19.0 Å². The van der Waals surface area contributed by atoms with E-state index in [1.54, 1.807) is 4.90 Å². The second-order valence-corrected chi connectivity index (χ2v) is 8.04. The number of nitrogens with zero attached hydrogens (tertiary/aromatic N) is 2. The molecule has 0 saturated heterocycles. The summed E-state index contributed by atoms with van der Waals surface area (Å²) in [5.41, 5.74) is 0. The molecule has 1 fully saturated rings. The minimum Gasteiger partial charge on any atom is -0.341 e. The van der Waals surface area contributed by atoms with E-state index >= 15 is 0 Å². The largest absolute Gasteiger partial charge is 0.341 e. The molecule has 0 bridgehead atoms. The Kier molecular flexibility index (Phi) is 5.75. The molecule has 128 valence electrons. The van der Waals surface area contributed by atoms with Crippen molar-refractivity contribution in [1.29, 1.82) is 0 Å². The molecular formula is C16H23FN2O3S. The minimum absolute atomic E-state index is 0.0153. The summed E-state index contributed by atoms with van der Waals surface area (Å²) in [5, 5.41) is 0. The number of rotatable bonds is 8. The summed E-state index contributed by atoms with van der Waals surface area (Å²) in [7, 11) is -2.42. The van der Waals surface area contributed by atoms with E-state index in [0.717, 1.165) is 35.7 Å². The van der Waals surface area contributed by atoms with Crippen LogP contribution in [-0.4, -0.2) is 50.2 Å². The second-order valence-electron chi connectivity index (χ2n) is 6.00. The van der Waals surface area contributed by atoms with Crippen LogP contribution in [0, 0.1) is 11.7 Å². The third-order valence-electron chi connectivity index (χ3n) is 3.90. The molecule has 5 nitrogen and oxygen atoms in total. The molecule has 0 atom stereocenters. The van der Waals surface area contributed by atoms with Gasteiger partial charge < -0.3 is 4.90 Å². The van der Waals surface area contributed by atoms with Crippen molar-refractivity contribution in [2.45, 2.75) is 31.1 Å². The first-order valence-corrected chi connectivity index (χ1v) is 9.28. The summed E-state index contributed by atoms with van der Waals surface area (Å²) in [6.45, 7) is 3.13. The standard InChI is InChI=1S/C16H23FN2O3S/c1-3-10-19(11-13-4-5-13)16(20)12-18(2)23(21,22)15-8-6-14(17)7-9-15/h6-9,13H,3-5,10-12H2,1-2H3. The molecule has 1 aliphatic rings. The third-order valence-corrected chi connectivity index (χ3v) is 5.72. The highest BCUT2D eigenvalue weighted by molar-refractivity contribution is 7.89. The molecule has 1 aromatic rings. The normalized spacial score (nSPS) is 15.0. The van der Waals surface area contributed by atoms with Crippen LogP contribution in [0.2, 0.25) is 0 Å². The Hall–Kier alpha value is -1.47. The SMILES string of the molecule is CCCN(CC1CC1)C(=O)CN(C)S(=O)(=O)c1ccc(F)cc1. The lowest BCUT2D eigenvalue weighted by molar-refractivity contribution is -0.131. The van der Waals surface area contributed by atoms with Crippen molar-refractivity contribution in [3.05, 3.63) is 30.1 Å². The number of carbonyl (C=O) groups excluding carboxylic acids is 1. The number of halogens is 1. The highest BCUT2D eigenvalue weighted by Crippen LogP contribution is 2.29. The first-order chi connectivity index (χ1) is 10.8. The summed E-state index contributed by atoms with van der Waals surface area (Å²) in [6, 6.07) is 4.61. The molecule has 2 rings (SSSR count). The van der Waals surface area contributed by atoms with Gasteiger partial charge in [0.2, 0.25) is 15.9 Å². The number of sulfonamides is 1. The average Bonchev–Trinajstić information content (AvgIpc) is 3.31. The Labute approximate surface area is 137 Å². The van der Waals surface area contributed by atoms with Crippen molar-refractivity contribution >= 4 is 15.9 Å². The Balaban J connectivity index is 2.04. The van der Waals surface area contributed by atoms with Crippen LogP contribution in [0.5, 0.6) is 0 Å². The molecular weight excluding hydrogens is 319 g/mol. The van der Waals surface area contributed by atoms with Gasteiger partial charge in [-0.05, 0) is 49.4 Å². The van der Waals surface area contributed by atoms with Gasteiger partial charge >= 0.3 is 0 Å². The molecule has 1 saturated carbocycles. The van der Waals surface area contributed by atoms with Crippen molar-refractivity contribution in [3.8, 4) is 0 Å². The van der Waals surface area contributed by atoms with Gasteiger partial charge in [0, 0.05) is 20.1 Å². The zero-order chi connectivity index (χ0) is 17.0. The van der Waals surface area contributed by atoms with Crippen molar-refractivity contribution in [2.24, 2.45) is 5.92 Å². The lowest BCUT2D eigenvalue weighted by atomic mass is 10.3. The Morgan fingerprint density at radius 2 is 1.87 bits per heavy atom. The number of hydrogen-bond donors (Lipinski definition) is 0. The molecule has 0 aliphatic heterocycles. The summed E-state index contributed by atoms with van der Waals surface area (Å²) in [6.07, 6.45) is 3.11. The van der Waals surface area contributed by atoms with E-state index in [-0.39, 0.29) is 17.3 Å². The van der Waals surface area contributed by atoms with Gasteiger partial charge in [-0.25, -0.2) is 12.8 Å². The molecule has 0 unspecified atom stereocenters. The predicted octanol–water partition coefficient (Wildman–Crippen LogP) is 2.09. The first-order valence-electron chi connectivity index (χ1n) is 7.84. The van der Waals surface area contributed by atoms with Gasteiger partial charge in [0.15, 0.2) is 0 Å². The van der Waals surface area contributed by atoms with Crippen molar-refractivity contribution < 1.29 is 17.6 Å². The van der Waals surface area contributed by atoms with Gasteiger partial charge in [0.05, 0.1) is 11.4 Å². The molecule has 0 N–H and O–H groups in total. The van der Waals surface area contributed by atoms with Crippen molar-refractivity contribution in [3.63, 3.8) is 0 Å². The van der Waals surface area contributed by atoms with Crippen LogP contribution in [0.15, 0.2) is 29.2 Å². The molecule has 1 aliphatic carbocycles. The second kappa shape index (κ2) is 7.40. The van der Waals surface area contributed by atoms with Gasteiger partial charge in [-0.1, -0.05) is 6.92 Å². The van der Waals surface area contributed by atoms with Gasteiger partial charge in [0.1, 0.15) is 5.82 Å². The molecule has 23 heavy (non-hydrogen) atoms. The topological polar surface area (TPSA) is 57.7 Å². The smallest absolute Gasteiger partial charge is 0.243 e. The van der Waals surface area contributed by atoms with E-state index in [1.807, 2.05) is 6.92 Å². The average molecular weight is 342 g/mol. The summed E-state index contributed by atoms with van der Waals surface area (Å²) in [4.78, 5) is 14.1. The van der Waals surface area contributed by atoms with Crippen molar-refractivity contribution in [2.75, 3.05) is 26.7 Å². The van der Waals surface area contributed by atoms with Crippen LogP contribution < -0.4 is 0 Å². The maximum Gasteiger partial charge on any atom is 0.243 e. The fourth-order valence-corrected chi connectivity index (χ4v) is 3.48. The Morgan fingerprint density at radius 1 is 1.26 bits per heavy atom. The fourth-order valence-electron chi connectivity index (χ4n) is 2.36. The van der Waals surface area contributed by atoms with Crippen LogP contribution in [-0.2, 0) is 14.8 Å². The third kappa shape index (κ3) is 4.75. The highest BCUT2D eigenvalue weighted by atomic mass is 32.2. The summed E-state index contributed by atoms with van der Waals surface area (Å²) >= 11 is 0. The molecule has 1 aromatic carbocycles. The van der Waals surface area contributed by atoms with E-state index in [4.69, 9.17) is 0 Å². The summed E-state index contributed by atoms with van der Waals surface area (Å²) < 4.78 is 38.8. The molecule has 0 heterocycles. The number of benzene rings is 1. The van der Waals surface area contributed by atoms with Crippen LogP contribution in [0.4, 0.5) is 4.39 Å². The van der Waals surface area contributed by atoms with E-state index in [9.17, 15) is 17.6 Å². The Morgan fingerprint density at radius 3 is 2.39 bits per heavy atom.